The first-order valence-electron chi connectivity index (χ1n) is 7.13. The molecule has 0 atom stereocenters. The molecule has 3 aromatic rings. The molecule has 0 saturated heterocycles. The van der Waals surface area contributed by atoms with Gasteiger partial charge < -0.3 is 10.3 Å². The molecular formula is C17H15ClN4. The number of nitrogens with one attached hydrogen (secondary N) is 2. The number of benzene rings is 2. The van der Waals surface area contributed by atoms with Crippen LogP contribution in [0.4, 0.5) is 5.69 Å². The highest BCUT2D eigenvalue weighted by molar-refractivity contribution is 6.30. The summed E-state index contributed by atoms with van der Waals surface area (Å²) in [6.07, 6.45) is 1.77. The Balaban J connectivity index is 1.57. The lowest BCUT2D eigenvalue weighted by Gasteiger charge is -2.08. The van der Waals surface area contributed by atoms with Crippen molar-refractivity contribution >= 4 is 28.3 Å². The van der Waals surface area contributed by atoms with Crippen LogP contribution in [0.2, 0.25) is 5.02 Å². The normalized spacial score (nSPS) is 10.5. The van der Waals surface area contributed by atoms with Crippen LogP contribution in [-0.2, 0) is 6.42 Å². The van der Waals surface area contributed by atoms with Crippen molar-refractivity contribution < 1.29 is 0 Å². The fourth-order valence-corrected chi connectivity index (χ4v) is 2.54. The number of imidazole rings is 1. The largest absolute Gasteiger partial charge is 0.384 e. The van der Waals surface area contributed by atoms with E-state index in [0.29, 0.717) is 10.6 Å². The number of fused-ring (bicyclic) bond motifs is 1. The number of halogens is 1. The smallest absolute Gasteiger partial charge is 0.107 e. The Morgan fingerprint density at radius 1 is 1.23 bits per heavy atom. The van der Waals surface area contributed by atoms with E-state index >= 15 is 0 Å². The van der Waals surface area contributed by atoms with Crippen LogP contribution in [0.1, 0.15) is 17.8 Å². The Labute approximate surface area is 133 Å². The molecule has 5 heteroatoms. The molecule has 0 spiro atoms. The van der Waals surface area contributed by atoms with E-state index in [1.807, 2.05) is 24.3 Å². The van der Waals surface area contributed by atoms with E-state index < -0.39 is 0 Å². The molecule has 2 aromatic carbocycles. The van der Waals surface area contributed by atoms with Crippen molar-refractivity contribution in [1.82, 2.24) is 9.97 Å². The van der Waals surface area contributed by atoms with Crippen molar-refractivity contribution in [3.63, 3.8) is 0 Å². The molecule has 0 amide bonds. The van der Waals surface area contributed by atoms with Crippen molar-refractivity contribution in [2.24, 2.45) is 0 Å². The molecule has 0 aliphatic carbocycles. The maximum absolute atomic E-state index is 9.08. The number of H-pyrrole nitrogens is 1. The number of aromatic amines is 1. The first-order valence-corrected chi connectivity index (χ1v) is 7.51. The van der Waals surface area contributed by atoms with Crippen LogP contribution in [0, 0.1) is 11.3 Å². The molecule has 0 aliphatic heterocycles. The minimum Gasteiger partial charge on any atom is -0.384 e. The average molecular weight is 311 g/mol. The summed E-state index contributed by atoms with van der Waals surface area (Å²) in [5, 5.41) is 13.0. The van der Waals surface area contributed by atoms with Crippen molar-refractivity contribution in [2.75, 3.05) is 11.9 Å². The maximum Gasteiger partial charge on any atom is 0.107 e. The lowest BCUT2D eigenvalue weighted by molar-refractivity contribution is 0.820. The number of aryl methyl sites for hydroxylation is 1. The number of rotatable bonds is 5. The predicted molar refractivity (Wildman–Crippen MR) is 89.1 cm³/mol. The van der Waals surface area contributed by atoms with Gasteiger partial charge in [0.05, 0.1) is 22.3 Å². The number of nitriles is 1. The van der Waals surface area contributed by atoms with Gasteiger partial charge in [0.2, 0.25) is 0 Å². The summed E-state index contributed by atoms with van der Waals surface area (Å²) >= 11 is 5.96. The van der Waals surface area contributed by atoms with Crippen LogP contribution >= 0.6 is 11.6 Å². The quantitative estimate of drug-likeness (QED) is 0.696. The molecule has 0 fully saturated rings. The van der Waals surface area contributed by atoms with Crippen LogP contribution in [0.25, 0.3) is 11.0 Å². The highest BCUT2D eigenvalue weighted by Gasteiger charge is 2.04. The Bertz CT molecular complexity index is 799. The average Bonchev–Trinajstić information content (AvgIpc) is 2.94. The molecule has 1 heterocycles. The first kappa shape index (κ1) is 14.4. The van der Waals surface area contributed by atoms with E-state index in [-0.39, 0.29) is 0 Å². The van der Waals surface area contributed by atoms with Gasteiger partial charge >= 0.3 is 0 Å². The molecule has 0 saturated carbocycles. The van der Waals surface area contributed by atoms with Crippen LogP contribution < -0.4 is 5.32 Å². The summed E-state index contributed by atoms with van der Waals surface area (Å²) in [7, 11) is 0. The fraction of sp³-hybridized carbons (Fsp3) is 0.176. The zero-order valence-electron chi connectivity index (χ0n) is 11.9. The molecule has 0 aliphatic rings. The fourth-order valence-electron chi connectivity index (χ4n) is 2.36. The van der Waals surface area contributed by atoms with Gasteiger partial charge in [-0.1, -0.05) is 23.7 Å². The number of para-hydroxylation sites is 2. The Morgan fingerprint density at radius 2 is 2.09 bits per heavy atom. The highest BCUT2D eigenvalue weighted by atomic mass is 35.5. The minimum absolute atomic E-state index is 0.605. The van der Waals surface area contributed by atoms with Gasteiger partial charge in [-0.25, -0.2) is 4.98 Å². The lowest BCUT2D eigenvalue weighted by Crippen LogP contribution is -2.05. The second kappa shape index (κ2) is 6.50. The van der Waals surface area contributed by atoms with Gasteiger partial charge in [0.25, 0.3) is 0 Å². The third-order valence-electron chi connectivity index (χ3n) is 3.45. The third-order valence-corrected chi connectivity index (χ3v) is 3.68. The number of anilines is 1. The minimum atomic E-state index is 0.605. The molecular weight excluding hydrogens is 296 g/mol. The SMILES string of the molecule is N#Cc1ccc(Cl)cc1NCCCc1nc2ccccc2[nH]1. The maximum atomic E-state index is 9.08. The predicted octanol–water partition coefficient (Wildman–Crippen LogP) is 4.13. The Hall–Kier alpha value is -2.51. The molecule has 4 nitrogen and oxygen atoms in total. The van der Waals surface area contributed by atoms with Crippen LogP contribution in [0.15, 0.2) is 42.5 Å². The summed E-state index contributed by atoms with van der Waals surface area (Å²) in [6.45, 7) is 0.756. The topological polar surface area (TPSA) is 64.5 Å². The van der Waals surface area contributed by atoms with Crippen molar-refractivity contribution in [3.8, 4) is 6.07 Å². The number of hydrogen-bond acceptors (Lipinski definition) is 3. The Morgan fingerprint density at radius 3 is 2.91 bits per heavy atom. The van der Waals surface area contributed by atoms with Gasteiger partial charge in [-0.15, -0.1) is 0 Å². The molecule has 3 rings (SSSR count). The second-order valence-electron chi connectivity index (χ2n) is 5.03. The standard InChI is InChI=1S/C17H15ClN4/c18-13-8-7-12(11-19)16(10-13)20-9-3-6-17-21-14-4-1-2-5-15(14)22-17/h1-2,4-5,7-8,10,20H,3,6,9H2,(H,21,22). The van der Waals surface area contributed by atoms with Gasteiger partial charge in [-0.3, -0.25) is 0 Å². The van der Waals surface area contributed by atoms with E-state index in [1.54, 1.807) is 18.2 Å². The van der Waals surface area contributed by atoms with E-state index in [1.165, 1.54) is 0 Å². The molecule has 2 N–H and O–H groups in total. The van der Waals surface area contributed by atoms with Crippen molar-refractivity contribution in [3.05, 3.63) is 58.9 Å². The van der Waals surface area contributed by atoms with Crippen LogP contribution in [0.5, 0.6) is 0 Å². The molecule has 0 radical (unpaired) electrons. The van der Waals surface area contributed by atoms with Gasteiger partial charge in [0, 0.05) is 18.0 Å². The summed E-state index contributed by atoms with van der Waals surface area (Å²) in [6, 6.07) is 15.4. The van der Waals surface area contributed by atoms with Crippen molar-refractivity contribution in [1.29, 1.82) is 5.26 Å². The molecule has 0 bridgehead atoms. The summed E-state index contributed by atoms with van der Waals surface area (Å²) in [4.78, 5) is 7.86. The lowest BCUT2D eigenvalue weighted by atomic mass is 10.2. The summed E-state index contributed by atoms with van der Waals surface area (Å²) in [5.41, 5.74) is 3.44. The van der Waals surface area contributed by atoms with Crippen LogP contribution in [-0.4, -0.2) is 16.5 Å². The van der Waals surface area contributed by atoms with Crippen LogP contribution in [0.3, 0.4) is 0 Å². The molecule has 22 heavy (non-hydrogen) atoms. The molecule has 1 aromatic heterocycles. The zero-order chi connectivity index (χ0) is 15.4. The monoisotopic (exact) mass is 310 g/mol. The van der Waals surface area contributed by atoms with Crippen molar-refractivity contribution in [2.45, 2.75) is 12.8 Å². The summed E-state index contributed by atoms with van der Waals surface area (Å²) < 4.78 is 0. The number of aromatic nitrogens is 2. The zero-order valence-corrected chi connectivity index (χ0v) is 12.7. The number of hydrogen-bond donors (Lipinski definition) is 2. The number of nitrogens with zero attached hydrogens (tertiary/aromatic N) is 2. The van der Waals surface area contributed by atoms with Gasteiger partial charge in [0.1, 0.15) is 11.9 Å². The third kappa shape index (κ3) is 3.21. The summed E-state index contributed by atoms with van der Waals surface area (Å²) in [5.74, 6) is 0.981. The van der Waals surface area contributed by atoms with Gasteiger partial charge in [-0.05, 0) is 36.8 Å². The van der Waals surface area contributed by atoms with E-state index in [4.69, 9.17) is 16.9 Å². The van der Waals surface area contributed by atoms with Gasteiger partial charge in [0.15, 0.2) is 0 Å². The highest BCUT2D eigenvalue weighted by Crippen LogP contribution is 2.20. The first-order chi connectivity index (χ1) is 10.8. The molecule has 110 valence electrons. The van der Waals surface area contributed by atoms with Gasteiger partial charge in [-0.2, -0.15) is 5.26 Å². The Kier molecular flexibility index (Phi) is 4.27. The molecule has 0 unspecified atom stereocenters. The van der Waals surface area contributed by atoms with E-state index in [0.717, 1.165) is 41.9 Å². The van der Waals surface area contributed by atoms with E-state index in [2.05, 4.69) is 21.4 Å². The van der Waals surface area contributed by atoms with E-state index in [9.17, 15) is 0 Å². The second-order valence-corrected chi connectivity index (χ2v) is 5.47.